The predicted octanol–water partition coefficient (Wildman–Crippen LogP) is 1.97. The highest BCUT2D eigenvalue weighted by Gasteiger charge is 2.36. The highest BCUT2D eigenvalue weighted by molar-refractivity contribution is 7.89. The van der Waals surface area contributed by atoms with Crippen molar-refractivity contribution in [3.63, 3.8) is 0 Å². The Labute approximate surface area is 144 Å². The summed E-state index contributed by atoms with van der Waals surface area (Å²) in [6.45, 7) is 5.04. The predicted molar refractivity (Wildman–Crippen MR) is 91.1 cm³/mol. The molecule has 0 spiro atoms. The zero-order chi connectivity index (χ0) is 16.7. The van der Waals surface area contributed by atoms with E-state index in [4.69, 9.17) is 4.74 Å². The van der Waals surface area contributed by atoms with Gasteiger partial charge in [-0.2, -0.15) is 4.31 Å². The SMILES string of the molecule is CCS(=O)(=O)N1Cc2ncn(CC3CC3)c2[C@H](COCC2CC2)C1. The number of imidazole rings is 1. The fourth-order valence-electron chi connectivity index (χ4n) is 3.50. The van der Waals surface area contributed by atoms with Gasteiger partial charge in [-0.3, -0.25) is 0 Å². The molecule has 1 aromatic heterocycles. The smallest absolute Gasteiger partial charge is 0.214 e. The molecule has 0 amide bonds. The fraction of sp³-hybridized carbons (Fsp3) is 0.824. The van der Waals surface area contributed by atoms with Crippen LogP contribution in [0.4, 0.5) is 0 Å². The minimum absolute atomic E-state index is 0.0927. The van der Waals surface area contributed by atoms with Crippen LogP contribution in [0.5, 0.6) is 0 Å². The average Bonchev–Trinajstić information content (AvgIpc) is 3.48. The second kappa shape index (κ2) is 6.42. The maximum absolute atomic E-state index is 12.3. The summed E-state index contributed by atoms with van der Waals surface area (Å²) in [4.78, 5) is 4.54. The minimum Gasteiger partial charge on any atom is -0.380 e. The fourth-order valence-corrected chi connectivity index (χ4v) is 4.59. The van der Waals surface area contributed by atoms with Crippen LogP contribution in [0.3, 0.4) is 0 Å². The van der Waals surface area contributed by atoms with Crippen LogP contribution in [0.15, 0.2) is 6.33 Å². The molecule has 2 fully saturated rings. The van der Waals surface area contributed by atoms with E-state index in [2.05, 4.69) is 9.55 Å². The zero-order valence-electron chi connectivity index (χ0n) is 14.4. The normalized spacial score (nSPS) is 25.0. The number of fused-ring (bicyclic) bond motifs is 1. The van der Waals surface area contributed by atoms with Crippen molar-refractivity contribution in [2.24, 2.45) is 11.8 Å². The van der Waals surface area contributed by atoms with Gasteiger partial charge in [0.2, 0.25) is 10.0 Å². The second-order valence-corrected chi connectivity index (χ2v) is 9.80. The summed E-state index contributed by atoms with van der Waals surface area (Å²) in [6.07, 6.45) is 7.04. The van der Waals surface area contributed by atoms with Gasteiger partial charge in [0.05, 0.1) is 30.9 Å². The lowest BCUT2D eigenvalue weighted by molar-refractivity contribution is 0.0995. The number of ether oxygens (including phenoxy) is 1. The van der Waals surface area contributed by atoms with E-state index >= 15 is 0 Å². The van der Waals surface area contributed by atoms with Gasteiger partial charge in [0.25, 0.3) is 0 Å². The van der Waals surface area contributed by atoms with E-state index in [0.717, 1.165) is 30.7 Å². The van der Waals surface area contributed by atoms with Crippen molar-refractivity contribution in [1.29, 1.82) is 0 Å². The first-order valence-electron chi connectivity index (χ1n) is 9.16. The Balaban J connectivity index is 1.55. The van der Waals surface area contributed by atoms with Gasteiger partial charge in [-0.1, -0.05) is 0 Å². The molecule has 0 saturated heterocycles. The zero-order valence-corrected chi connectivity index (χ0v) is 15.2. The molecule has 1 aliphatic heterocycles. The monoisotopic (exact) mass is 353 g/mol. The van der Waals surface area contributed by atoms with E-state index in [1.54, 1.807) is 11.2 Å². The second-order valence-electron chi connectivity index (χ2n) is 7.54. The Morgan fingerprint density at radius 1 is 1.21 bits per heavy atom. The molecule has 2 saturated carbocycles. The summed E-state index contributed by atoms with van der Waals surface area (Å²) in [7, 11) is -3.20. The summed E-state index contributed by atoms with van der Waals surface area (Å²) >= 11 is 0. The summed E-state index contributed by atoms with van der Waals surface area (Å²) in [5.74, 6) is 1.73. The maximum atomic E-state index is 12.3. The minimum atomic E-state index is -3.20. The molecule has 24 heavy (non-hydrogen) atoms. The Morgan fingerprint density at radius 3 is 2.62 bits per heavy atom. The lowest BCUT2D eigenvalue weighted by Crippen LogP contribution is -2.41. The molecule has 0 unspecified atom stereocenters. The van der Waals surface area contributed by atoms with Crippen LogP contribution in [0.2, 0.25) is 0 Å². The maximum Gasteiger partial charge on any atom is 0.214 e. The van der Waals surface area contributed by atoms with Crippen molar-refractivity contribution in [2.45, 2.75) is 51.6 Å². The lowest BCUT2D eigenvalue weighted by Gasteiger charge is -2.32. The molecule has 7 heteroatoms. The van der Waals surface area contributed by atoms with Gasteiger partial charge in [0, 0.05) is 31.3 Å². The van der Waals surface area contributed by atoms with E-state index in [-0.39, 0.29) is 11.7 Å². The summed E-state index contributed by atoms with van der Waals surface area (Å²) in [5.41, 5.74) is 2.12. The highest BCUT2D eigenvalue weighted by atomic mass is 32.2. The number of rotatable bonds is 8. The van der Waals surface area contributed by atoms with Crippen molar-refractivity contribution in [1.82, 2.24) is 13.9 Å². The third-order valence-electron chi connectivity index (χ3n) is 5.37. The van der Waals surface area contributed by atoms with E-state index in [1.165, 1.54) is 31.4 Å². The molecular weight excluding hydrogens is 326 g/mol. The molecule has 6 nitrogen and oxygen atoms in total. The third-order valence-corrected chi connectivity index (χ3v) is 7.17. The van der Waals surface area contributed by atoms with Crippen molar-refractivity contribution in [2.75, 3.05) is 25.5 Å². The van der Waals surface area contributed by atoms with Crippen LogP contribution in [-0.4, -0.2) is 47.8 Å². The quantitative estimate of drug-likeness (QED) is 0.717. The van der Waals surface area contributed by atoms with Crippen LogP contribution >= 0.6 is 0 Å². The Kier molecular flexibility index (Phi) is 4.43. The van der Waals surface area contributed by atoms with Gasteiger partial charge in [-0.05, 0) is 44.4 Å². The van der Waals surface area contributed by atoms with Gasteiger partial charge < -0.3 is 9.30 Å². The summed E-state index contributed by atoms with van der Waals surface area (Å²) < 4.78 is 34.5. The molecule has 2 aliphatic carbocycles. The number of sulfonamides is 1. The van der Waals surface area contributed by atoms with Crippen LogP contribution in [-0.2, 0) is 27.8 Å². The van der Waals surface area contributed by atoms with Crippen molar-refractivity contribution in [3.05, 3.63) is 17.7 Å². The lowest BCUT2D eigenvalue weighted by atomic mass is 10.0. The topological polar surface area (TPSA) is 64.4 Å². The molecule has 0 N–H and O–H groups in total. The molecule has 1 atom stereocenters. The summed E-state index contributed by atoms with van der Waals surface area (Å²) in [5, 5.41) is 0. The van der Waals surface area contributed by atoms with Gasteiger partial charge in [0.15, 0.2) is 0 Å². The summed E-state index contributed by atoms with van der Waals surface area (Å²) in [6, 6.07) is 0. The van der Waals surface area contributed by atoms with Gasteiger partial charge in [-0.25, -0.2) is 13.4 Å². The molecule has 3 aliphatic rings. The molecule has 0 aromatic carbocycles. The molecule has 0 bridgehead atoms. The van der Waals surface area contributed by atoms with Gasteiger partial charge in [-0.15, -0.1) is 0 Å². The van der Waals surface area contributed by atoms with Crippen LogP contribution in [0.25, 0.3) is 0 Å². The van der Waals surface area contributed by atoms with E-state index < -0.39 is 10.0 Å². The Bertz CT molecular complexity index is 692. The van der Waals surface area contributed by atoms with Gasteiger partial charge >= 0.3 is 0 Å². The third kappa shape index (κ3) is 3.53. The average molecular weight is 353 g/mol. The molecule has 0 radical (unpaired) electrons. The largest absolute Gasteiger partial charge is 0.380 e. The first-order valence-corrected chi connectivity index (χ1v) is 10.8. The highest BCUT2D eigenvalue weighted by Crippen LogP contribution is 2.35. The molecule has 4 rings (SSSR count). The van der Waals surface area contributed by atoms with Crippen LogP contribution in [0.1, 0.15) is 49.9 Å². The number of hydrogen-bond acceptors (Lipinski definition) is 4. The van der Waals surface area contributed by atoms with E-state index in [1.807, 2.05) is 6.33 Å². The molecule has 1 aromatic rings. The van der Waals surface area contributed by atoms with Crippen molar-refractivity contribution >= 4 is 10.0 Å². The molecular formula is C17H27N3O3S. The first kappa shape index (κ1) is 16.5. The molecule has 2 heterocycles. The van der Waals surface area contributed by atoms with Crippen molar-refractivity contribution in [3.8, 4) is 0 Å². The number of hydrogen-bond donors (Lipinski definition) is 0. The standard InChI is InChI=1S/C17H27N3O3S/c1-2-24(21,22)20-8-15(11-23-10-14-5-6-14)17-16(9-20)18-12-19(17)7-13-3-4-13/h12-15H,2-11H2,1H3/t15-/m0/s1. The van der Waals surface area contributed by atoms with E-state index in [9.17, 15) is 8.42 Å². The van der Waals surface area contributed by atoms with Crippen LogP contribution < -0.4 is 0 Å². The Hall–Kier alpha value is -0.920. The Morgan fingerprint density at radius 2 is 1.96 bits per heavy atom. The molecule has 134 valence electrons. The van der Waals surface area contributed by atoms with Gasteiger partial charge in [0.1, 0.15) is 0 Å². The van der Waals surface area contributed by atoms with E-state index in [0.29, 0.717) is 19.7 Å². The first-order chi connectivity index (χ1) is 11.6. The van der Waals surface area contributed by atoms with Crippen molar-refractivity contribution < 1.29 is 13.2 Å². The number of aromatic nitrogens is 2. The van der Waals surface area contributed by atoms with Crippen LogP contribution in [0, 0.1) is 11.8 Å². The number of nitrogens with zero attached hydrogens (tertiary/aromatic N) is 3.